The first kappa shape index (κ1) is 13.4. The Morgan fingerprint density at radius 2 is 1.60 bits per heavy atom. The van der Waals surface area contributed by atoms with E-state index in [2.05, 4.69) is 19.9 Å². The van der Waals surface area contributed by atoms with Gasteiger partial charge in [0.05, 0.1) is 5.60 Å². The fourth-order valence-corrected chi connectivity index (χ4v) is 2.96. The highest BCUT2D eigenvalue weighted by atomic mass is 16.3. The molecule has 2 saturated heterocycles. The van der Waals surface area contributed by atoms with Crippen LogP contribution in [0.4, 0.5) is 17.8 Å². The number of rotatable bonds is 2. The molecule has 0 amide bonds. The minimum Gasteiger partial charge on any atom is -0.388 e. The van der Waals surface area contributed by atoms with Gasteiger partial charge in [0.1, 0.15) is 0 Å². The van der Waals surface area contributed by atoms with Gasteiger partial charge in [0.2, 0.25) is 17.8 Å². The van der Waals surface area contributed by atoms with Crippen LogP contribution >= 0.6 is 0 Å². The van der Waals surface area contributed by atoms with Gasteiger partial charge in [-0.25, -0.2) is 0 Å². The van der Waals surface area contributed by atoms with Crippen molar-refractivity contribution in [2.45, 2.75) is 38.2 Å². The SMILES string of the molecule is CC1(O)CCCN(c2nc(N)nc(N3CCCC3)n2)C1. The van der Waals surface area contributed by atoms with E-state index in [-0.39, 0.29) is 5.95 Å². The lowest BCUT2D eigenvalue weighted by Crippen LogP contribution is -2.47. The summed E-state index contributed by atoms with van der Waals surface area (Å²) in [5.74, 6) is 1.50. The average Bonchev–Trinajstić information content (AvgIpc) is 2.90. The van der Waals surface area contributed by atoms with Crippen LogP contribution < -0.4 is 15.5 Å². The Morgan fingerprint density at radius 3 is 2.25 bits per heavy atom. The van der Waals surface area contributed by atoms with Gasteiger partial charge in [-0.05, 0) is 32.6 Å². The van der Waals surface area contributed by atoms with Crippen LogP contribution in [0, 0.1) is 0 Å². The third kappa shape index (κ3) is 2.77. The largest absolute Gasteiger partial charge is 0.388 e. The molecule has 0 spiro atoms. The predicted molar refractivity (Wildman–Crippen MR) is 77.8 cm³/mol. The molecule has 20 heavy (non-hydrogen) atoms. The lowest BCUT2D eigenvalue weighted by molar-refractivity contribution is 0.0444. The molecule has 3 heterocycles. The fourth-order valence-electron chi connectivity index (χ4n) is 2.96. The first-order valence-electron chi connectivity index (χ1n) is 7.27. The zero-order chi connectivity index (χ0) is 14.2. The summed E-state index contributed by atoms with van der Waals surface area (Å²) >= 11 is 0. The first-order chi connectivity index (χ1) is 9.53. The van der Waals surface area contributed by atoms with Crippen molar-refractivity contribution in [3.05, 3.63) is 0 Å². The smallest absolute Gasteiger partial charge is 0.232 e. The standard InChI is InChI=1S/C13H22N6O/c1-13(20)5-4-8-19(9-13)12-16-10(14)15-11(17-12)18-6-2-3-7-18/h20H,2-9H2,1H3,(H2,14,15,16,17). The highest BCUT2D eigenvalue weighted by molar-refractivity contribution is 5.44. The molecule has 1 aromatic rings. The summed E-state index contributed by atoms with van der Waals surface area (Å²) in [6.45, 7) is 5.18. The van der Waals surface area contributed by atoms with Gasteiger partial charge in [0, 0.05) is 26.2 Å². The van der Waals surface area contributed by atoms with Crippen molar-refractivity contribution in [2.24, 2.45) is 0 Å². The van der Waals surface area contributed by atoms with Gasteiger partial charge >= 0.3 is 0 Å². The highest BCUT2D eigenvalue weighted by Gasteiger charge is 2.30. The topological polar surface area (TPSA) is 91.4 Å². The number of aromatic nitrogens is 3. The Kier molecular flexibility index (Phi) is 3.37. The number of nitrogen functional groups attached to an aromatic ring is 1. The summed E-state index contributed by atoms with van der Waals surface area (Å²) in [5.41, 5.74) is 5.14. The van der Waals surface area contributed by atoms with Crippen molar-refractivity contribution in [2.75, 3.05) is 41.7 Å². The lowest BCUT2D eigenvalue weighted by atomic mass is 9.95. The fraction of sp³-hybridized carbons (Fsp3) is 0.769. The number of nitrogens with zero attached hydrogens (tertiary/aromatic N) is 5. The van der Waals surface area contributed by atoms with E-state index in [0.29, 0.717) is 18.4 Å². The summed E-state index contributed by atoms with van der Waals surface area (Å²) in [5, 5.41) is 10.2. The van der Waals surface area contributed by atoms with Gasteiger partial charge in [0.15, 0.2) is 0 Å². The van der Waals surface area contributed by atoms with Crippen LogP contribution in [0.2, 0.25) is 0 Å². The molecule has 0 saturated carbocycles. The second-order valence-electron chi connectivity index (χ2n) is 6.01. The van der Waals surface area contributed by atoms with Crippen LogP contribution in [-0.2, 0) is 0 Å². The molecule has 1 atom stereocenters. The van der Waals surface area contributed by atoms with Gasteiger partial charge in [-0.1, -0.05) is 0 Å². The molecule has 2 aliphatic rings. The second-order valence-corrected chi connectivity index (χ2v) is 6.01. The molecular formula is C13H22N6O. The third-order valence-corrected chi connectivity index (χ3v) is 3.98. The molecule has 2 fully saturated rings. The monoisotopic (exact) mass is 278 g/mol. The number of β-amino-alcohol motifs (C(OH)–C–C–N with tert-alkyl or cyclic N) is 1. The van der Waals surface area contributed by atoms with E-state index < -0.39 is 5.60 Å². The molecule has 3 rings (SSSR count). The van der Waals surface area contributed by atoms with E-state index in [4.69, 9.17) is 5.73 Å². The summed E-state index contributed by atoms with van der Waals surface area (Å²) in [4.78, 5) is 17.2. The van der Waals surface area contributed by atoms with Gasteiger partial charge < -0.3 is 20.6 Å². The molecule has 2 aliphatic heterocycles. The lowest BCUT2D eigenvalue weighted by Gasteiger charge is -2.36. The van der Waals surface area contributed by atoms with E-state index >= 15 is 0 Å². The molecular weight excluding hydrogens is 256 g/mol. The van der Waals surface area contributed by atoms with Crippen molar-refractivity contribution in [1.29, 1.82) is 0 Å². The molecule has 110 valence electrons. The minimum atomic E-state index is -0.687. The van der Waals surface area contributed by atoms with Gasteiger partial charge in [0.25, 0.3) is 0 Å². The van der Waals surface area contributed by atoms with Crippen LogP contribution in [0.25, 0.3) is 0 Å². The number of aliphatic hydroxyl groups is 1. The summed E-state index contributed by atoms with van der Waals surface area (Å²) < 4.78 is 0. The number of piperidine rings is 1. The second kappa shape index (κ2) is 5.05. The maximum Gasteiger partial charge on any atom is 0.232 e. The third-order valence-electron chi connectivity index (χ3n) is 3.98. The molecule has 1 aromatic heterocycles. The van der Waals surface area contributed by atoms with Crippen molar-refractivity contribution in [3.63, 3.8) is 0 Å². The molecule has 3 N–H and O–H groups in total. The summed E-state index contributed by atoms with van der Waals surface area (Å²) in [6.07, 6.45) is 4.07. The maximum atomic E-state index is 10.2. The van der Waals surface area contributed by atoms with Crippen LogP contribution in [0.15, 0.2) is 0 Å². The van der Waals surface area contributed by atoms with Crippen LogP contribution in [0.1, 0.15) is 32.6 Å². The molecule has 0 radical (unpaired) electrons. The summed E-state index contributed by atoms with van der Waals surface area (Å²) in [7, 11) is 0. The van der Waals surface area contributed by atoms with Crippen LogP contribution in [0.5, 0.6) is 0 Å². The van der Waals surface area contributed by atoms with E-state index in [9.17, 15) is 5.11 Å². The van der Waals surface area contributed by atoms with Crippen molar-refractivity contribution < 1.29 is 5.11 Å². The average molecular weight is 278 g/mol. The molecule has 0 aromatic carbocycles. The minimum absolute atomic E-state index is 0.252. The molecule has 7 heteroatoms. The van der Waals surface area contributed by atoms with Gasteiger partial charge in [-0.2, -0.15) is 15.0 Å². The molecule has 7 nitrogen and oxygen atoms in total. The number of nitrogens with two attached hydrogens (primary N) is 1. The quantitative estimate of drug-likeness (QED) is 0.809. The van der Waals surface area contributed by atoms with Crippen molar-refractivity contribution in [1.82, 2.24) is 15.0 Å². The van der Waals surface area contributed by atoms with E-state index in [0.717, 1.165) is 32.5 Å². The van der Waals surface area contributed by atoms with E-state index in [1.165, 1.54) is 12.8 Å². The Morgan fingerprint density at radius 1 is 1.00 bits per heavy atom. The van der Waals surface area contributed by atoms with E-state index in [1.807, 2.05) is 11.8 Å². The Balaban J connectivity index is 1.85. The number of hydrogen-bond donors (Lipinski definition) is 2. The Hall–Kier alpha value is -1.63. The molecule has 0 aliphatic carbocycles. The van der Waals surface area contributed by atoms with Crippen molar-refractivity contribution >= 4 is 17.8 Å². The molecule has 0 bridgehead atoms. The van der Waals surface area contributed by atoms with Crippen LogP contribution in [0.3, 0.4) is 0 Å². The van der Waals surface area contributed by atoms with Crippen LogP contribution in [-0.4, -0.2) is 51.8 Å². The van der Waals surface area contributed by atoms with E-state index in [1.54, 1.807) is 0 Å². The maximum absolute atomic E-state index is 10.2. The zero-order valence-corrected chi connectivity index (χ0v) is 11.9. The Labute approximate surface area is 118 Å². The van der Waals surface area contributed by atoms with Gasteiger partial charge in [-0.15, -0.1) is 0 Å². The highest BCUT2D eigenvalue weighted by Crippen LogP contribution is 2.25. The predicted octanol–water partition coefficient (Wildman–Crippen LogP) is 0.405. The summed E-state index contributed by atoms with van der Waals surface area (Å²) in [6, 6.07) is 0. The number of anilines is 3. The van der Waals surface area contributed by atoms with Gasteiger partial charge in [-0.3, -0.25) is 0 Å². The number of hydrogen-bond acceptors (Lipinski definition) is 7. The normalized spacial score (nSPS) is 27.1. The zero-order valence-electron chi connectivity index (χ0n) is 11.9. The first-order valence-corrected chi connectivity index (χ1v) is 7.27. The Bertz CT molecular complexity index is 486. The van der Waals surface area contributed by atoms with Crippen molar-refractivity contribution in [3.8, 4) is 0 Å². The molecule has 1 unspecified atom stereocenters.